The zero-order valence-corrected chi connectivity index (χ0v) is 17.9. The van der Waals surface area contributed by atoms with Crippen LogP contribution in [0.3, 0.4) is 0 Å². The smallest absolute Gasteiger partial charge is 0.235 e. The van der Waals surface area contributed by atoms with Gasteiger partial charge in [-0.05, 0) is 18.6 Å². The third-order valence-electron chi connectivity index (χ3n) is 5.32. The highest BCUT2D eigenvalue weighted by Crippen LogP contribution is 2.34. The number of carbonyl (C=O) groups excluding carboxylic acids is 3. The van der Waals surface area contributed by atoms with Crippen LogP contribution in [0.4, 0.5) is 5.69 Å². The molecule has 2 atom stereocenters. The fourth-order valence-electron chi connectivity index (χ4n) is 3.69. The van der Waals surface area contributed by atoms with E-state index in [0.29, 0.717) is 29.2 Å². The van der Waals surface area contributed by atoms with Crippen molar-refractivity contribution < 1.29 is 32.3 Å². The molecule has 2 N–H and O–H groups in total. The Labute approximate surface area is 185 Å². The molecule has 2 amide bonds. The largest absolute Gasteiger partial charge is 0.454 e. The average molecular weight is 458 g/mol. The van der Waals surface area contributed by atoms with Crippen LogP contribution in [-0.4, -0.2) is 50.4 Å². The number of hydrogen-bond acceptors (Lipinski definition) is 7. The molecule has 1 fully saturated rings. The SMILES string of the molecule is O=C(C[C@H](C(=O)Nc1ccc2c(c1)OCO2)C(=O)c1ccccc1)N[C@H]1CCS(=O)(=O)C1. The van der Waals surface area contributed by atoms with Crippen LogP contribution in [0.1, 0.15) is 23.2 Å². The fourth-order valence-corrected chi connectivity index (χ4v) is 5.37. The lowest BCUT2D eigenvalue weighted by Crippen LogP contribution is -2.40. The highest BCUT2D eigenvalue weighted by atomic mass is 32.2. The summed E-state index contributed by atoms with van der Waals surface area (Å²) in [6.07, 6.45) is -0.0879. The molecular weight excluding hydrogens is 436 g/mol. The van der Waals surface area contributed by atoms with Crippen molar-refractivity contribution in [3.05, 3.63) is 54.1 Å². The van der Waals surface area contributed by atoms with Crippen LogP contribution >= 0.6 is 0 Å². The third-order valence-corrected chi connectivity index (χ3v) is 7.09. The van der Waals surface area contributed by atoms with E-state index in [0.717, 1.165) is 0 Å². The highest BCUT2D eigenvalue weighted by Gasteiger charge is 2.33. The van der Waals surface area contributed by atoms with Gasteiger partial charge in [-0.1, -0.05) is 30.3 Å². The molecule has 0 bridgehead atoms. The number of benzene rings is 2. The van der Waals surface area contributed by atoms with E-state index >= 15 is 0 Å². The molecule has 0 unspecified atom stereocenters. The van der Waals surface area contributed by atoms with Crippen LogP contribution in [0.25, 0.3) is 0 Å². The number of nitrogens with one attached hydrogen (secondary N) is 2. The lowest BCUT2D eigenvalue weighted by atomic mass is 9.93. The zero-order chi connectivity index (χ0) is 22.7. The Hall–Kier alpha value is -3.40. The summed E-state index contributed by atoms with van der Waals surface area (Å²) >= 11 is 0. The van der Waals surface area contributed by atoms with E-state index < -0.39 is 45.8 Å². The van der Waals surface area contributed by atoms with Crippen LogP contribution < -0.4 is 20.1 Å². The summed E-state index contributed by atoms with van der Waals surface area (Å²) in [6.45, 7) is 0.0823. The Morgan fingerprint density at radius 1 is 1.03 bits per heavy atom. The van der Waals surface area contributed by atoms with Crippen LogP contribution in [-0.2, 0) is 19.4 Å². The number of sulfone groups is 1. The van der Waals surface area contributed by atoms with E-state index in [2.05, 4.69) is 10.6 Å². The summed E-state index contributed by atoms with van der Waals surface area (Å²) in [4.78, 5) is 38.7. The van der Waals surface area contributed by atoms with Gasteiger partial charge >= 0.3 is 0 Å². The number of ketones is 1. The Kier molecular flexibility index (Phi) is 6.13. The molecule has 32 heavy (non-hydrogen) atoms. The van der Waals surface area contributed by atoms with E-state index in [4.69, 9.17) is 9.47 Å². The molecule has 0 saturated carbocycles. The number of rotatable bonds is 7. The molecule has 168 valence electrons. The molecule has 0 spiro atoms. The summed E-state index contributed by atoms with van der Waals surface area (Å²) in [5.74, 6) is -2.11. The normalized spacial score (nSPS) is 19.2. The van der Waals surface area contributed by atoms with Crippen molar-refractivity contribution in [3.8, 4) is 11.5 Å². The first-order chi connectivity index (χ1) is 15.3. The second-order valence-electron chi connectivity index (χ2n) is 7.71. The predicted molar refractivity (Wildman–Crippen MR) is 115 cm³/mol. The number of amides is 2. The summed E-state index contributed by atoms with van der Waals surface area (Å²) < 4.78 is 33.8. The number of hydrogen-bond donors (Lipinski definition) is 2. The minimum Gasteiger partial charge on any atom is -0.454 e. The first-order valence-electron chi connectivity index (χ1n) is 10.1. The molecule has 4 rings (SSSR count). The molecule has 10 heteroatoms. The topological polar surface area (TPSA) is 128 Å². The highest BCUT2D eigenvalue weighted by molar-refractivity contribution is 7.91. The Bertz CT molecular complexity index is 1150. The van der Waals surface area contributed by atoms with Gasteiger partial charge in [0, 0.05) is 29.8 Å². The Morgan fingerprint density at radius 2 is 1.78 bits per heavy atom. The van der Waals surface area contributed by atoms with E-state index in [1.807, 2.05) is 0 Å². The Balaban J connectivity index is 1.50. The average Bonchev–Trinajstić information content (AvgIpc) is 3.37. The van der Waals surface area contributed by atoms with Gasteiger partial charge in [-0.3, -0.25) is 14.4 Å². The molecule has 2 heterocycles. The molecule has 0 aromatic heterocycles. The standard InChI is InChI=1S/C22H22N2O7S/c25-20(23-16-8-9-32(28,29)12-16)11-17(21(26)14-4-2-1-3-5-14)22(27)24-15-6-7-18-19(10-15)31-13-30-18/h1-7,10,16-17H,8-9,11-13H2,(H,23,25)(H,24,27)/t16-,17-/m0/s1. The predicted octanol–water partition coefficient (Wildman–Crippen LogP) is 1.55. The first-order valence-corrected chi connectivity index (χ1v) is 11.9. The molecular formula is C22H22N2O7S. The van der Waals surface area contributed by atoms with Crippen LogP contribution in [0, 0.1) is 5.92 Å². The second kappa shape index (κ2) is 8.99. The van der Waals surface area contributed by atoms with E-state index in [9.17, 15) is 22.8 Å². The minimum absolute atomic E-state index is 0.00885. The second-order valence-corrected chi connectivity index (χ2v) is 9.94. The van der Waals surface area contributed by atoms with Crippen molar-refractivity contribution in [2.45, 2.75) is 18.9 Å². The molecule has 2 aliphatic heterocycles. The van der Waals surface area contributed by atoms with Gasteiger partial charge in [-0.2, -0.15) is 0 Å². The fraction of sp³-hybridized carbons (Fsp3) is 0.318. The molecule has 0 aliphatic carbocycles. The Morgan fingerprint density at radius 3 is 2.50 bits per heavy atom. The third kappa shape index (κ3) is 5.08. The monoisotopic (exact) mass is 458 g/mol. The van der Waals surface area contributed by atoms with Gasteiger partial charge in [-0.15, -0.1) is 0 Å². The maximum atomic E-state index is 13.1. The van der Waals surface area contributed by atoms with Crippen molar-refractivity contribution >= 4 is 33.1 Å². The number of anilines is 1. The quantitative estimate of drug-likeness (QED) is 0.476. The lowest BCUT2D eigenvalue weighted by Gasteiger charge is -2.18. The van der Waals surface area contributed by atoms with Crippen molar-refractivity contribution in [2.24, 2.45) is 5.92 Å². The van der Waals surface area contributed by atoms with Crippen LogP contribution in [0.2, 0.25) is 0 Å². The van der Waals surface area contributed by atoms with Gasteiger partial charge < -0.3 is 20.1 Å². The van der Waals surface area contributed by atoms with Crippen molar-refractivity contribution in [3.63, 3.8) is 0 Å². The van der Waals surface area contributed by atoms with Gasteiger partial charge in [0.05, 0.1) is 11.5 Å². The number of ether oxygens (including phenoxy) is 2. The molecule has 2 aliphatic rings. The summed E-state index contributed by atoms with van der Waals surface area (Å²) in [5, 5.41) is 5.30. The molecule has 1 saturated heterocycles. The van der Waals surface area contributed by atoms with Crippen LogP contribution in [0.15, 0.2) is 48.5 Å². The summed E-state index contributed by atoms with van der Waals surface area (Å²) in [6, 6.07) is 12.5. The van der Waals surface area contributed by atoms with Gasteiger partial charge in [0.2, 0.25) is 18.6 Å². The minimum atomic E-state index is -3.17. The van der Waals surface area contributed by atoms with Crippen molar-refractivity contribution in [1.82, 2.24) is 5.32 Å². The molecule has 2 aromatic rings. The van der Waals surface area contributed by atoms with Gasteiger partial charge in [0.15, 0.2) is 27.1 Å². The van der Waals surface area contributed by atoms with Crippen molar-refractivity contribution in [1.29, 1.82) is 0 Å². The number of carbonyl (C=O) groups is 3. The first kappa shape index (κ1) is 21.8. The summed E-state index contributed by atoms with van der Waals surface area (Å²) in [7, 11) is -3.17. The number of Topliss-reactive ketones (excluding diaryl/α,β-unsaturated/α-hetero) is 1. The lowest BCUT2D eigenvalue weighted by molar-refractivity contribution is -0.126. The molecule has 2 aromatic carbocycles. The summed E-state index contributed by atoms with van der Waals surface area (Å²) in [5.41, 5.74) is 0.696. The molecule has 9 nitrogen and oxygen atoms in total. The van der Waals surface area contributed by atoms with E-state index in [1.54, 1.807) is 48.5 Å². The zero-order valence-electron chi connectivity index (χ0n) is 17.1. The van der Waals surface area contributed by atoms with Gasteiger partial charge in [-0.25, -0.2) is 8.42 Å². The van der Waals surface area contributed by atoms with Crippen LogP contribution in [0.5, 0.6) is 11.5 Å². The van der Waals surface area contributed by atoms with Gasteiger partial charge in [0.1, 0.15) is 5.92 Å². The maximum absolute atomic E-state index is 13.1. The number of fused-ring (bicyclic) bond motifs is 1. The molecule has 0 radical (unpaired) electrons. The van der Waals surface area contributed by atoms with E-state index in [1.165, 1.54) is 0 Å². The van der Waals surface area contributed by atoms with E-state index in [-0.39, 0.29) is 18.3 Å². The van der Waals surface area contributed by atoms with Gasteiger partial charge in [0.25, 0.3) is 0 Å². The van der Waals surface area contributed by atoms with Crippen molar-refractivity contribution in [2.75, 3.05) is 23.6 Å². The maximum Gasteiger partial charge on any atom is 0.235 e.